The largest absolute Gasteiger partial charge is 0.416 e. The lowest BCUT2D eigenvalue weighted by Crippen LogP contribution is -2.05. The lowest BCUT2D eigenvalue weighted by atomic mass is 10.1. The molecule has 0 bridgehead atoms. The molecule has 0 spiro atoms. The quantitative estimate of drug-likeness (QED) is 0.638. The number of alkyl halides is 3. The summed E-state index contributed by atoms with van der Waals surface area (Å²) in [4.78, 5) is 0. The molecule has 1 N–H and O–H groups in total. The first-order valence-electron chi connectivity index (χ1n) is 5.67. The van der Waals surface area contributed by atoms with Crippen LogP contribution in [0, 0.1) is 0 Å². The molecule has 0 aromatic heterocycles. The molecule has 0 unspecified atom stereocenters. The Morgan fingerprint density at radius 1 is 1.05 bits per heavy atom. The summed E-state index contributed by atoms with van der Waals surface area (Å²) in [6.45, 7) is 0. The number of halogens is 4. The van der Waals surface area contributed by atoms with E-state index in [-0.39, 0.29) is 0 Å². The second-order valence-electron chi connectivity index (χ2n) is 4.00. The standard InChI is InChI=1S/C14H10ClF3N2/c15-12-4-6-13(7-5-12)20-19-9-10-2-1-3-11(8-10)14(16,17)18/h1-9,20H/b19-9-. The maximum Gasteiger partial charge on any atom is 0.416 e. The van der Waals surface area contributed by atoms with Crippen LogP contribution in [0.1, 0.15) is 11.1 Å². The van der Waals surface area contributed by atoms with Crippen LogP contribution < -0.4 is 5.43 Å². The van der Waals surface area contributed by atoms with E-state index in [1.807, 2.05) is 0 Å². The SMILES string of the molecule is FC(F)(F)c1cccc(/C=N\Nc2ccc(Cl)cc2)c1. The fraction of sp³-hybridized carbons (Fsp3) is 0.0714. The lowest BCUT2D eigenvalue weighted by Gasteiger charge is -2.06. The van der Waals surface area contributed by atoms with Gasteiger partial charge in [0.2, 0.25) is 0 Å². The molecule has 0 saturated carbocycles. The average molecular weight is 299 g/mol. The highest BCUT2D eigenvalue weighted by Crippen LogP contribution is 2.29. The Hall–Kier alpha value is -2.01. The molecule has 0 aliphatic carbocycles. The molecular formula is C14H10ClF3N2. The number of hydrazone groups is 1. The van der Waals surface area contributed by atoms with E-state index in [0.717, 1.165) is 12.1 Å². The van der Waals surface area contributed by atoms with Crippen molar-refractivity contribution in [3.63, 3.8) is 0 Å². The Balaban J connectivity index is 2.06. The minimum Gasteiger partial charge on any atom is -0.279 e. The Labute approximate surface area is 118 Å². The van der Waals surface area contributed by atoms with Gasteiger partial charge >= 0.3 is 6.18 Å². The molecule has 6 heteroatoms. The van der Waals surface area contributed by atoms with Crippen LogP contribution in [0.25, 0.3) is 0 Å². The van der Waals surface area contributed by atoms with Crippen molar-refractivity contribution in [2.45, 2.75) is 6.18 Å². The van der Waals surface area contributed by atoms with Crippen molar-refractivity contribution in [3.8, 4) is 0 Å². The Morgan fingerprint density at radius 3 is 2.40 bits per heavy atom. The van der Waals surface area contributed by atoms with E-state index in [1.54, 1.807) is 30.3 Å². The molecule has 20 heavy (non-hydrogen) atoms. The number of hydrogen-bond donors (Lipinski definition) is 1. The van der Waals surface area contributed by atoms with Crippen molar-refractivity contribution in [1.82, 2.24) is 0 Å². The van der Waals surface area contributed by atoms with Crippen LogP contribution in [0.4, 0.5) is 18.9 Å². The summed E-state index contributed by atoms with van der Waals surface area (Å²) in [6.07, 6.45) is -3.03. The topological polar surface area (TPSA) is 24.4 Å². The average Bonchev–Trinajstić information content (AvgIpc) is 2.40. The summed E-state index contributed by atoms with van der Waals surface area (Å²) in [5.41, 5.74) is 3.06. The normalized spacial score (nSPS) is 11.8. The van der Waals surface area contributed by atoms with Crippen LogP contribution in [-0.4, -0.2) is 6.21 Å². The summed E-state index contributed by atoms with van der Waals surface area (Å²) < 4.78 is 37.6. The van der Waals surface area contributed by atoms with E-state index in [4.69, 9.17) is 11.6 Å². The molecule has 0 aliphatic heterocycles. The molecule has 104 valence electrons. The zero-order valence-electron chi connectivity index (χ0n) is 10.2. The molecule has 0 saturated heterocycles. The molecular weight excluding hydrogens is 289 g/mol. The molecule has 2 nitrogen and oxygen atoms in total. The summed E-state index contributed by atoms with van der Waals surface area (Å²) in [5, 5.41) is 4.47. The fourth-order valence-electron chi connectivity index (χ4n) is 1.50. The Kier molecular flexibility index (Phi) is 4.29. The van der Waals surface area contributed by atoms with Crippen LogP contribution in [0.15, 0.2) is 53.6 Å². The van der Waals surface area contributed by atoms with Gasteiger partial charge in [0.1, 0.15) is 0 Å². The van der Waals surface area contributed by atoms with Crippen LogP contribution in [-0.2, 0) is 6.18 Å². The second-order valence-corrected chi connectivity index (χ2v) is 4.44. The third-order valence-corrected chi connectivity index (χ3v) is 2.72. The predicted octanol–water partition coefficient (Wildman–Crippen LogP) is 4.80. The van der Waals surface area contributed by atoms with Gasteiger partial charge in [-0.3, -0.25) is 5.43 Å². The van der Waals surface area contributed by atoms with Crippen LogP contribution >= 0.6 is 11.6 Å². The van der Waals surface area contributed by atoms with E-state index in [9.17, 15) is 13.2 Å². The molecule has 2 aromatic carbocycles. The van der Waals surface area contributed by atoms with Gasteiger partial charge in [-0.25, -0.2) is 0 Å². The van der Waals surface area contributed by atoms with Crippen LogP contribution in [0.3, 0.4) is 0 Å². The van der Waals surface area contributed by atoms with Crippen molar-refractivity contribution >= 4 is 23.5 Å². The number of nitrogens with zero attached hydrogens (tertiary/aromatic N) is 1. The summed E-state index contributed by atoms with van der Waals surface area (Å²) in [7, 11) is 0. The lowest BCUT2D eigenvalue weighted by molar-refractivity contribution is -0.137. The first-order chi connectivity index (χ1) is 9.45. The molecule has 0 aliphatic rings. The van der Waals surface area contributed by atoms with Crippen LogP contribution in [0.5, 0.6) is 0 Å². The van der Waals surface area contributed by atoms with E-state index in [0.29, 0.717) is 16.3 Å². The number of benzene rings is 2. The smallest absolute Gasteiger partial charge is 0.279 e. The van der Waals surface area contributed by atoms with Gasteiger partial charge in [0.05, 0.1) is 17.5 Å². The minimum atomic E-state index is -4.35. The minimum absolute atomic E-state index is 0.362. The molecule has 0 radical (unpaired) electrons. The maximum absolute atomic E-state index is 12.5. The Bertz CT molecular complexity index is 607. The van der Waals surface area contributed by atoms with Gasteiger partial charge < -0.3 is 0 Å². The number of nitrogens with one attached hydrogen (secondary N) is 1. The van der Waals surface area contributed by atoms with Crippen molar-refractivity contribution in [3.05, 3.63) is 64.7 Å². The molecule has 0 fully saturated rings. The van der Waals surface area contributed by atoms with Gasteiger partial charge in [-0.1, -0.05) is 23.7 Å². The monoisotopic (exact) mass is 298 g/mol. The summed E-state index contributed by atoms with van der Waals surface area (Å²) in [6, 6.07) is 11.7. The fourth-order valence-corrected chi connectivity index (χ4v) is 1.63. The second kappa shape index (κ2) is 5.96. The number of hydrogen-bond acceptors (Lipinski definition) is 2. The molecule has 0 atom stereocenters. The Morgan fingerprint density at radius 2 is 1.75 bits per heavy atom. The molecule has 2 rings (SSSR count). The van der Waals surface area contributed by atoms with E-state index in [1.165, 1.54) is 12.3 Å². The first kappa shape index (κ1) is 14.4. The van der Waals surface area contributed by atoms with Gasteiger partial charge in [-0.05, 0) is 42.0 Å². The van der Waals surface area contributed by atoms with Crippen molar-refractivity contribution in [2.24, 2.45) is 5.10 Å². The van der Waals surface area contributed by atoms with Gasteiger partial charge in [0.15, 0.2) is 0 Å². The van der Waals surface area contributed by atoms with E-state index >= 15 is 0 Å². The van der Waals surface area contributed by atoms with E-state index < -0.39 is 11.7 Å². The number of rotatable bonds is 3. The third-order valence-electron chi connectivity index (χ3n) is 2.47. The van der Waals surface area contributed by atoms with Gasteiger partial charge in [-0.15, -0.1) is 0 Å². The highest BCUT2D eigenvalue weighted by atomic mass is 35.5. The molecule has 0 heterocycles. The third kappa shape index (κ3) is 3.99. The van der Waals surface area contributed by atoms with Crippen molar-refractivity contribution in [1.29, 1.82) is 0 Å². The van der Waals surface area contributed by atoms with Crippen molar-refractivity contribution < 1.29 is 13.2 Å². The van der Waals surface area contributed by atoms with Crippen LogP contribution in [0.2, 0.25) is 5.02 Å². The van der Waals surface area contributed by atoms with E-state index in [2.05, 4.69) is 10.5 Å². The summed E-state index contributed by atoms with van der Waals surface area (Å²) >= 11 is 5.73. The highest BCUT2D eigenvalue weighted by Gasteiger charge is 2.30. The maximum atomic E-state index is 12.5. The molecule has 2 aromatic rings. The zero-order chi connectivity index (χ0) is 14.6. The zero-order valence-corrected chi connectivity index (χ0v) is 10.9. The van der Waals surface area contributed by atoms with Gasteiger partial charge in [0, 0.05) is 5.02 Å². The highest BCUT2D eigenvalue weighted by molar-refractivity contribution is 6.30. The predicted molar refractivity (Wildman–Crippen MR) is 74.1 cm³/mol. The van der Waals surface area contributed by atoms with Gasteiger partial charge in [0.25, 0.3) is 0 Å². The molecule has 0 amide bonds. The van der Waals surface area contributed by atoms with Gasteiger partial charge in [-0.2, -0.15) is 18.3 Å². The first-order valence-corrected chi connectivity index (χ1v) is 6.05. The summed E-state index contributed by atoms with van der Waals surface area (Å²) in [5.74, 6) is 0. The number of anilines is 1. The van der Waals surface area contributed by atoms with Crippen molar-refractivity contribution in [2.75, 3.05) is 5.43 Å².